The number of aryl methyl sites for hydroxylation is 2. The third-order valence-corrected chi connectivity index (χ3v) is 3.81. The van der Waals surface area contributed by atoms with E-state index in [4.69, 9.17) is 0 Å². The lowest BCUT2D eigenvalue weighted by atomic mass is 10.2. The van der Waals surface area contributed by atoms with E-state index < -0.39 is 0 Å². The zero-order valence-corrected chi connectivity index (χ0v) is 11.1. The molecule has 0 aliphatic carbocycles. The van der Waals surface area contributed by atoms with Crippen molar-refractivity contribution in [1.82, 2.24) is 15.1 Å². The van der Waals surface area contributed by atoms with Gasteiger partial charge in [-0.05, 0) is 19.9 Å². The Morgan fingerprint density at radius 3 is 2.67 bits per heavy atom. The molecule has 0 aliphatic heterocycles. The zero-order chi connectivity index (χ0) is 11.4. The molecule has 15 heavy (non-hydrogen) atoms. The van der Waals surface area contributed by atoms with Gasteiger partial charge >= 0.3 is 0 Å². The van der Waals surface area contributed by atoms with Gasteiger partial charge in [-0.1, -0.05) is 13.8 Å². The first-order valence-electron chi connectivity index (χ1n) is 5.36. The van der Waals surface area contributed by atoms with Crippen LogP contribution >= 0.6 is 11.8 Å². The molecular formula is C11H21N3S. The Hall–Kier alpha value is -0.480. The van der Waals surface area contributed by atoms with Crippen LogP contribution in [-0.2, 0) is 13.6 Å². The van der Waals surface area contributed by atoms with Crippen LogP contribution in [0.1, 0.15) is 25.1 Å². The van der Waals surface area contributed by atoms with E-state index in [1.165, 1.54) is 10.6 Å². The number of hydrogen-bond acceptors (Lipinski definition) is 3. The largest absolute Gasteiger partial charge is 0.316 e. The topological polar surface area (TPSA) is 29.9 Å². The number of thioether (sulfide) groups is 1. The first-order chi connectivity index (χ1) is 7.06. The molecule has 1 N–H and O–H groups in total. The van der Waals surface area contributed by atoms with E-state index in [9.17, 15) is 0 Å². The van der Waals surface area contributed by atoms with Gasteiger partial charge in [0.2, 0.25) is 0 Å². The molecule has 0 aliphatic rings. The van der Waals surface area contributed by atoms with E-state index in [-0.39, 0.29) is 0 Å². The second-order valence-corrected chi connectivity index (χ2v) is 5.24. The normalized spacial score (nSPS) is 11.3. The highest BCUT2D eigenvalue weighted by Gasteiger charge is 2.13. The molecule has 0 amide bonds. The Balaban J connectivity index is 2.83. The molecule has 0 atom stereocenters. The van der Waals surface area contributed by atoms with E-state index in [2.05, 4.69) is 31.2 Å². The van der Waals surface area contributed by atoms with Gasteiger partial charge < -0.3 is 5.32 Å². The SMILES string of the molecule is CNCc1c(C)nn(C)c1SCC(C)C. The molecule has 0 bridgehead atoms. The second-order valence-electron chi connectivity index (χ2n) is 4.23. The van der Waals surface area contributed by atoms with Crippen molar-refractivity contribution in [2.75, 3.05) is 12.8 Å². The lowest BCUT2D eigenvalue weighted by molar-refractivity contribution is 0.679. The van der Waals surface area contributed by atoms with Crippen molar-refractivity contribution in [3.8, 4) is 0 Å². The minimum Gasteiger partial charge on any atom is -0.316 e. The van der Waals surface area contributed by atoms with Crippen LogP contribution in [0.5, 0.6) is 0 Å². The summed E-state index contributed by atoms with van der Waals surface area (Å²) >= 11 is 1.90. The van der Waals surface area contributed by atoms with Crippen molar-refractivity contribution in [1.29, 1.82) is 0 Å². The van der Waals surface area contributed by atoms with Gasteiger partial charge in [0.1, 0.15) is 0 Å². The molecule has 0 saturated heterocycles. The summed E-state index contributed by atoms with van der Waals surface area (Å²) in [6.07, 6.45) is 0. The van der Waals surface area contributed by atoms with Crippen LogP contribution in [0, 0.1) is 12.8 Å². The number of nitrogens with one attached hydrogen (secondary N) is 1. The van der Waals surface area contributed by atoms with Gasteiger partial charge in [-0.25, -0.2) is 0 Å². The van der Waals surface area contributed by atoms with E-state index in [0.717, 1.165) is 18.0 Å². The lowest BCUT2D eigenvalue weighted by Crippen LogP contribution is -2.07. The van der Waals surface area contributed by atoms with Crippen LogP contribution in [0.25, 0.3) is 0 Å². The van der Waals surface area contributed by atoms with Crippen LogP contribution in [0.2, 0.25) is 0 Å². The molecule has 3 nitrogen and oxygen atoms in total. The first kappa shape index (κ1) is 12.6. The molecule has 1 heterocycles. The van der Waals surface area contributed by atoms with Gasteiger partial charge in [-0.2, -0.15) is 5.10 Å². The highest BCUT2D eigenvalue weighted by Crippen LogP contribution is 2.26. The smallest absolute Gasteiger partial charge is 0.0984 e. The van der Waals surface area contributed by atoms with Crippen LogP contribution < -0.4 is 5.32 Å². The quantitative estimate of drug-likeness (QED) is 0.782. The van der Waals surface area contributed by atoms with Gasteiger partial charge in [0.25, 0.3) is 0 Å². The Labute approximate surface area is 96.6 Å². The second kappa shape index (κ2) is 5.56. The summed E-state index contributed by atoms with van der Waals surface area (Å²) in [5.74, 6) is 1.86. The molecule has 1 aromatic rings. The van der Waals surface area contributed by atoms with Gasteiger partial charge in [-0.3, -0.25) is 4.68 Å². The van der Waals surface area contributed by atoms with E-state index in [1.54, 1.807) is 0 Å². The van der Waals surface area contributed by atoms with Crippen LogP contribution in [0.3, 0.4) is 0 Å². The summed E-state index contributed by atoms with van der Waals surface area (Å²) in [7, 11) is 4.00. The third-order valence-electron chi connectivity index (χ3n) is 2.20. The van der Waals surface area contributed by atoms with Gasteiger partial charge in [0.05, 0.1) is 10.7 Å². The molecule has 1 rings (SSSR count). The highest BCUT2D eigenvalue weighted by atomic mass is 32.2. The fourth-order valence-corrected chi connectivity index (χ4v) is 2.60. The van der Waals surface area contributed by atoms with Crippen LogP contribution in [-0.4, -0.2) is 22.6 Å². The van der Waals surface area contributed by atoms with Crippen molar-refractivity contribution in [2.45, 2.75) is 32.3 Å². The number of aromatic nitrogens is 2. The number of rotatable bonds is 5. The average Bonchev–Trinajstić information content (AvgIpc) is 2.40. The fraction of sp³-hybridized carbons (Fsp3) is 0.727. The summed E-state index contributed by atoms with van der Waals surface area (Å²) in [6, 6.07) is 0. The molecule has 0 unspecified atom stereocenters. The van der Waals surface area contributed by atoms with Gasteiger partial charge in [0.15, 0.2) is 0 Å². The standard InChI is InChI=1S/C11H21N3S/c1-8(2)7-15-11-10(6-12-4)9(3)13-14(11)5/h8,12H,6-7H2,1-5H3. The molecule has 0 saturated carbocycles. The Kier molecular flexibility index (Phi) is 4.67. The predicted octanol–water partition coefficient (Wildman–Crippen LogP) is 2.20. The third kappa shape index (κ3) is 3.24. The average molecular weight is 227 g/mol. The van der Waals surface area contributed by atoms with Crippen molar-refractivity contribution < 1.29 is 0 Å². The first-order valence-corrected chi connectivity index (χ1v) is 6.34. The molecule has 0 spiro atoms. The highest BCUT2D eigenvalue weighted by molar-refractivity contribution is 7.99. The molecular weight excluding hydrogens is 206 g/mol. The number of nitrogens with zero attached hydrogens (tertiary/aromatic N) is 2. The molecule has 0 aromatic carbocycles. The molecule has 1 aromatic heterocycles. The molecule has 0 fully saturated rings. The van der Waals surface area contributed by atoms with Crippen LogP contribution in [0.4, 0.5) is 0 Å². The maximum absolute atomic E-state index is 4.46. The fourth-order valence-electron chi connectivity index (χ4n) is 1.49. The summed E-state index contributed by atoms with van der Waals surface area (Å²) in [5.41, 5.74) is 2.48. The van der Waals surface area contributed by atoms with Crippen molar-refractivity contribution in [3.05, 3.63) is 11.3 Å². The van der Waals surface area contributed by atoms with E-state index >= 15 is 0 Å². The van der Waals surface area contributed by atoms with Crippen molar-refractivity contribution in [2.24, 2.45) is 13.0 Å². The lowest BCUT2D eigenvalue weighted by Gasteiger charge is -2.07. The molecule has 4 heteroatoms. The van der Waals surface area contributed by atoms with Crippen LogP contribution in [0.15, 0.2) is 5.03 Å². The minimum absolute atomic E-state index is 0.715. The summed E-state index contributed by atoms with van der Waals surface area (Å²) in [5, 5.41) is 8.96. The maximum Gasteiger partial charge on any atom is 0.0984 e. The Morgan fingerprint density at radius 1 is 1.47 bits per heavy atom. The summed E-state index contributed by atoms with van der Waals surface area (Å²) in [4.78, 5) is 0. The monoisotopic (exact) mass is 227 g/mol. The minimum atomic E-state index is 0.715. The summed E-state index contributed by atoms with van der Waals surface area (Å²) in [6.45, 7) is 7.47. The van der Waals surface area contributed by atoms with Crippen molar-refractivity contribution in [3.63, 3.8) is 0 Å². The zero-order valence-electron chi connectivity index (χ0n) is 10.3. The van der Waals surface area contributed by atoms with E-state index in [0.29, 0.717) is 5.92 Å². The van der Waals surface area contributed by atoms with Gasteiger partial charge in [0, 0.05) is 24.9 Å². The molecule has 86 valence electrons. The number of hydrogen-bond donors (Lipinski definition) is 1. The maximum atomic E-state index is 4.46. The summed E-state index contributed by atoms with van der Waals surface area (Å²) < 4.78 is 2.00. The molecule has 0 radical (unpaired) electrons. The predicted molar refractivity (Wildman–Crippen MR) is 66.3 cm³/mol. The Bertz CT molecular complexity index is 318. The Morgan fingerprint density at radius 2 is 2.13 bits per heavy atom. The van der Waals surface area contributed by atoms with Crippen molar-refractivity contribution >= 4 is 11.8 Å². The van der Waals surface area contributed by atoms with Gasteiger partial charge in [-0.15, -0.1) is 11.8 Å². The van der Waals surface area contributed by atoms with E-state index in [1.807, 2.05) is 30.5 Å².